The topological polar surface area (TPSA) is 42.2 Å². The standard InChI is InChI=1S/C16H19NO2/c1-16(2,11-13-7-4-3-5-8-13)15(18)17-12-14-9-6-10-19-14/h3-10H,11-12H2,1-2H3,(H,17,18). The molecule has 0 saturated carbocycles. The Morgan fingerprint density at radius 2 is 1.89 bits per heavy atom. The molecule has 0 unspecified atom stereocenters. The zero-order valence-electron chi connectivity index (χ0n) is 11.3. The van der Waals surface area contributed by atoms with Crippen molar-refractivity contribution in [3.63, 3.8) is 0 Å². The minimum absolute atomic E-state index is 0.0350. The number of furan rings is 1. The molecule has 0 spiro atoms. The second kappa shape index (κ2) is 5.74. The summed E-state index contributed by atoms with van der Waals surface area (Å²) in [4.78, 5) is 12.2. The van der Waals surface area contributed by atoms with Gasteiger partial charge in [0, 0.05) is 5.41 Å². The van der Waals surface area contributed by atoms with Crippen molar-refractivity contribution in [3.05, 3.63) is 60.1 Å². The van der Waals surface area contributed by atoms with Crippen LogP contribution in [0.4, 0.5) is 0 Å². The Bertz CT molecular complexity index is 515. The number of carbonyl (C=O) groups excluding carboxylic acids is 1. The molecule has 0 aliphatic rings. The molecule has 0 radical (unpaired) electrons. The fraction of sp³-hybridized carbons (Fsp3) is 0.312. The van der Waals surface area contributed by atoms with Gasteiger partial charge in [0.2, 0.25) is 5.91 Å². The lowest BCUT2D eigenvalue weighted by Crippen LogP contribution is -2.37. The van der Waals surface area contributed by atoms with Gasteiger partial charge in [-0.25, -0.2) is 0 Å². The van der Waals surface area contributed by atoms with Gasteiger partial charge in [-0.05, 0) is 24.1 Å². The first-order valence-electron chi connectivity index (χ1n) is 6.42. The highest BCUT2D eigenvalue weighted by molar-refractivity contribution is 5.82. The minimum Gasteiger partial charge on any atom is -0.467 e. The van der Waals surface area contributed by atoms with E-state index in [2.05, 4.69) is 5.32 Å². The number of hydrogen-bond donors (Lipinski definition) is 1. The number of nitrogens with one attached hydrogen (secondary N) is 1. The fourth-order valence-corrected chi connectivity index (χ4v) is 2.01. The predicted molar refractivity (Wildman–Crippen MR) is 74.5 cm³/mol. The lowest BCUT2D eigenvalue weighted by Gasteiger charge is -2.23. The summed E-state index contributed by atoms with van der Waals surface area (Å²) in [6.07, 6.45) is 2.33. The minimum atomic E-state index is -0.437. The molecular weight excluding hydrogens is 238 g/mol. The maximum atomic E-state index is 12.2. The smallest absolute Gasteiger partial charge is 0.226 e. The molecular formula is C16H19NO2. The summed E-state index contributed by atoms with van der Waals surface area (Å²) < 4.78 is 5.20. The summed E-state index contributed by atoms with van der Waals surface area (Å²) in [6.45, 7) is 4.35. The molecule has 1 heterocycles. The first-order chi connectivity index (χ1) is 9.08. The van der Waals surface area contributed by atoms with Gasteiger partial charge in [-0.15, -0.1) is 0 Å². The van der Waals surface area contributed by atoms with E-state index in [1.54, 1.807) is 6.26 Å². The van der Waals surface area contributed by atoms with Gasteiger partial charge in [-0.2, -0.15) is 0 Å². The van der Waals surface area contributed by atoms with Gasteiger partial charge in [0.05, 0.1) is 12.8 Å². The number of carbonyl (C=O) groups is 1. The summed E-state index contributed by atoms with van der Waals surface area (Å²) in [5.74, 6) is 0.802. The van der Waals surface area contributed by atoms with Gasteiger partial charge in [0.15, 0.2) is 0 Å². The van der Waals surface area contributed by atoms with Crippen LogP contribution in [0.5, 0.6) is 0 Å². The van der Waals surface area contributed by atoms with Gasteiger partial charge in [-0.3, -0.25) is 4.79 Å². The van der Waals surface area contributed by atoms with E-state index in [-0.39, 0.29) is 5.91 Å². The normalized spacial score (nSPS) is 11.3. The number of benzene rings is 1. The third kappa shape index (κ3) is 3.71. The molecule has 1 aromatic carbocycles. The average molecular weight is 257 g/mol. The van der Waals surface area contributed by atoms with E-state index in [0.29, 0.717) is 6.54 Å². The molecule has 3 nitrogen and oxygen atoms in total. The Morgan fingerprint density at radius 1 is 1.16 bits per heavy atom. The SMILES string of the molecule is CC(C)(Cc1ccccc1)C(=O)NCc1ccco1. The Morgan fingerprint density at radius 3 is 2.53 bits per heavy atom. The monoisotopic (exact) mass is 257 g/mol. The molecule has 100 valence electrons. The lowest BCUT2D eigenvalue weighted by atomic mass is 9.85. The molecule has 0 aliphatic heterocycles. The van der Waals surface area contributed by atoms with Crippen LogP contribution >= 0.6 is 0 Å². The second-order valence-electron chi connectivity index (χ2n) is 5.31. The van der Waals surface area contributed by atoms with Crippen LogP contribution in [0.3, 0.4) is 0 Å². The van der Waals surface area contributed by atoms with Crippen molar-refractivity contribution in [1.29, 1.82) is 0 Å². The van der Waals surface area contributed by atoms with Crippen molar-refractivity contribution in [2.45, 2.75) is 26.8 Å². The molecule has 2 rings (SSSR count). The maximum Gasteiger partial charge on any atom is 0.226 e. The molecule has 0 bridgehead atoms. The highest BCUT2D eigenvalue weighted by atomic mass is 16.3. The summed E-state index contributed by atoms with van der Waals surface area (Å²) >= 11 is 0. The van der Waals surface area contributed by atoms with Crippen LogP contribution in [-0.4, -0.2) is 5.91 Å². The first-order valence-corrected chi connectivity index (χ1v) is 6.42. The third-order valence-electron chi connectivity index (χ3n) is 3.11. The molecule has 0 aliphatic carbocycles. The third-order valence-corrected chi connectivity index (χ3v) is 3.11. The lowest BCUT2D eigenvalue weighted by molar-refractivity contribution is -0.129. The van der Waals surface area contributed by atoms with Gasteiger partial charge >= 0.3 is 0 Å². The molecule has 0 atom stereocenters. The zero-order valence-corrected chi connectivity index (χ0v) is 11.3. The zero-order chi connectivity index (χ0) is 13.7. The predicted octanol–water partition coefficient (Wildman–Crippen LogP) is 3.16. The highest BCUT2D eigenvalue weighted by Crippen LogP contribution is 2.22. The Balaban J connectivity index is 1.93. The van der Waals surface area contributed by atoms with Gasteiger partial charge < -0.3 is 9.73 Å². The fourth-order valence-electron chi connectivity index (χ4n) is 2.01. The van der Waals surface area contributed by atoms with E-state index in [4.69, 9.17) is 4.42 Å². The van der Waals surface area contributed by atoms with Crippen LogP contribution in [-0.2, 0) is 17.8 Å². The molecule has 0 fully saturated rings. The van der Waals surface area contributed by atoms with E-state index < -0.39 is 5.41 Å². The van der Waals surface area contributed by atoms with E-state index in [9.17, 15) is 4.79 Å². The van der Waals surface area contributed by atoms with Crippen molar-refractivity contribution < 1.29 is 9.21 Å². The number of amides is 1. The van der Waals surface area contributed by atoms with E-state index in [0.717, 1.165) is 12.2 Å². The van der Waals surface area contributed by atoms with Crippen LogP contribution in [0.15, 0.2) is 53.1 Å². The Hall–Kier alpha value is -2.03. The summed E-state index contributed by atoms with van der Waals surface area (Å²) in [5, 5.41) is 2.91. The van der Waals surface area contributed by atoms with Crippen LogP contribution in [0.2, 0.25) is 0 Å². The van der Waals surface area contributed by atoms with Gasteiger partial charge in [0.25, 0.3) is 0 Å². The summed E-state index contributed by atoms with van der Waals surface area (Å²) in [7, 11) is 0. The molecule has 0 saturated heterocycles. The Labute approximate surface area is 113 Å². The first kappa shape index (κ1) is 13.4. The second-order valence-corrected chi connectivity index (χ2v) is 5.31. The summed E-state index contributed by atoms with van der Waals surface area (Å²) in [6, 6.07) is 13.7. The van der Waals surface area contributed by atoms with Crippen LogP contribution < -0.4 is 5.32 Å². The number of rotatable bonds is 5. The molecule has 3 heteroatoms. The van der Waals surface area contributed by atoms with Gasteiger partial charge in [0.1, 0.15) is 5.76 Å². The molecule has 1 amide bonds. The van der Waals surface area contributed by atoms with E-state index in [1.165, 1.54) is 5.56 Å². The quantitative estimate of drug-likeness (QED) is 0.894. The van der Waals surface area contributed by atoms with E-state index >= 15 is 0 Å². The van der Waals surface area contributed by atoms with Crippen molar-refractivity contribution in [3.8, 4) is 0 Å². The average Bonchev–Trinajstić information content (AvgIpc) is 2.89. The highest BCUT2D eigenvalue weighted by Gasteiger charge is 2.27. The van der Waals surface area contributed by atoms with Crippen molar-refractivity contribution in [1.82, 2.24) is 5.32 Å². The van der Waals surface area contributed by atoms with Crippen molar-refractivity contribution in [2.75, 3.05) is 0 Å². The van der Waals surface area contributed by atoms with E-state index in [1.807, 2.05) is 56.3 Å². The van der Waals surface area contributed by atoms with Crippen molar-refractivity contribution in [2.24, 2.45) is 5.41 Å². The van der Waals surface area contributed by atoms with Crippen LogP contribution in [0, 0.1) is 5.41 Å². The molecule has 2 aromatic rings. The Kier molecular flexibility index (Phi) is 4.05. The van der Waals surface area contributed by atoms with Gasteiger partial charge in [-0.1, -0.05) is 44.2 Å². The van der Waals surface area contributed by atoms with Crippen molar-refractivity contribution >= 4 is 5.91 Å². The largest absolute Gasteiger partial charge is 0.467 e. The molecule has 1 aromatic heterocycles. The summed E-state index contributed by atoms with van der Waals surface area (Å²) in [5.41, 5.74) is 0.731. The maximum absolute atomic E-state index is 12.2. The van der Waals surface area contributed by atoms with Crippen LogP contribution in [0.25, 0.3) is 0 Å². The van der Waals surface area contributed by atoms with Crippen LogP contribution in [0.1, 0.15) is 25.2 Å². The molecule has 19 heavy (non-hydrogen) atoms. The molecule has 1 N–H and O–H groups in total. The number of hydrogen-bond acceptors (Lipinski definition) is 2.